The number of carbonyl (C=O) groups is 2. The summed E-state index contributed by atoms with van der Waals surface area (Å²) >= 11 is 0. The van der Waals surface area contributed by atoms with Gasteiger partial charge in [0.25, 0.3) is 5.91 Å². The fourth-order valence-corrected chi connectivity index (χ4v) is 1.32. The molecule has 1 saturated heterocycles. The lowest BCUT2D eigenvalue weighted by molar-refractivity contribution is -0.134. The van der Waals surface area contributed by atoms with Gasteiger partial charge in [-0.3, -0.25) is 9.59 Å². The van der Waals surface area contributed by atoms with E-state index in [-0.39, 0.29) is 5.92 Å². The van der Waals surface area contributed by atoms with Crippen LogP contribution in [0.2, 0.25) is 0 Å². The minimum atomic E-state index is -0.861. The van der Waals surface area contributed by atoms with Gasteiger partial charge < -0.3 is 11.1 Å². The number of ketones is 1. The summed E-state index contributed by atoms with van der Waals surface area (Å²) < 4.78 is 0. The maximum absolute atomic E-state index is 10.9. The van der Waals surface area contributed by atoms with Crippen molar-refractivity contribution >= 4 is 11.7 Å². The molecule has 0 saturated carbocycles. The van der Waals surface area contributed by atoms with Gasteiger partial charge in [-0.25, -0.2) is 0 Å². The summed E-state index contributed by atoms with van der Waals surface area (Å²) in [5.41, 5.74) is 4.81. The van der Waals surface area contributed by atoms with Gasteiger partial charge in [-0.2, -0.15) is 0 Å². The largest absolute Gasteiger partial charge is 0.363 e. The number of primary amides is 1. The predicted molar refractivity (Wildman–Crippen MR) is 44.1 cm³/mol. The molecule has 3 N–H and O–H groups in total. The molecule has 1 aliphatic heterocycles. The van der Waals surface area contributed by atoms with Crippen molar-refractivity contribution in [3.8, 4) is 0 Å². The Kier molecular flexibility index (Phi) is 3.22. The Balaban J connectivity index is 2.29. The van der Waals surface area contributed by atoms with E-state index in [1.54, 1.807) is 0 Å². The second-order valence-electron chi connectivity index (χ2n) is 3.00. The molecule has 4 heteroatoms. The molecule has 0 aromatic heterocycles. The van der Waals surface area contributed by atoms with Gasteiger partial charge in [0, 0.05) is 6.42 Å². The number of amides is 1. The molecule has 1 heterocycles. The predicted octanol–water partition coefficient (Wildman–Crippen LogP) is -0.755. The lowest BCUT2D eigenvalue weighted by atomic mass is 9.94. The average molecular weight is 169 g/mol. The van der Waals surface area contributed by atoms with Crippen molar-refractivity contribution in [2.45, 2.75) is 12.8 Å². The Morgan fingerprint density at radius 1 is 1.50 bits per heavy atom. The quantitative estimate of drug-likeness (QED) is 0.546. The Bertz CT molecular complexity index is 185. The minimum Gasteiger partial charge on any atom is -0.363 e. The van der Waals surface area contributed by atoms with E-state index in [2.05, 4.69) is 5.32 Å². The zero-order valence-corrected chi connectivity index (χ0v) is 6.88. The number of rotatable bonds is 3. The van der Waals surface area contributed by atoms with Gasteiger partial charge in [0.1, 0.15) is 0 Å². The van der Waals surface area contributed by atoms with E-state index in [4.69, 9.17) is 5.73 Å². The first-order valence-electron chi connectivity index (χ1n) is 4.09. The molecule has 1 fully saturated rings. The minimum absolute atomic E-state index is 0.179. The molecule has 4 nitrogen and oxygen atoms in total. The SMILES string of the molecule is NC(=O)C(=O)[CH]C1CCCNC1. The number of hydrogen-bond donors (Lipinski definition) is 2. The van der Waals surface area contributed by atoms with Crippen LogP contribution in [0.25, 0.3) is 0 Å². The smallest absolute Gasteiger partial charge is 0.285 e. The van der Waals surface area contributed by atoms with Crippen molar-refractivity contribution in [3.05, 3.63) is 6.42 Å². The van der Waals surface area contributed by atoms with Crippen molar-refractivity contribution in [1.29, 1.82) is 0 Å². The van der Waals surface area contributed by atoms with Gasteiger partial charge in [-0.15, -0.1) is 0 Å². The van der Waals surface area contributed by atoms with E-state index in [0.29, 0.717) is 0 Å². The summed E-state index contributed by atoms with van der Waals surface area (Å²) in [5, 5.41) is 3.14. The van der Waals surface area contributed by atoms with E-state index >= 15 is 0 Å². The summed E-state index contributed by atoms with van der Waals surface area (Å²) in [6, 6.07) is 0. The van der Waals surface area contributed by atoms with Crippen LogP contribution in [0.4, 0.5) is 0 Å². The molecular weight excluding hydrogens is 156 g/mol. The number of piperidine rings is 1. The van der Waals surface area contributed by atoms with Crippen LogP contribution in [0, 0.1) is 12.3 Å². The molecule has 1 radical (unpaired) electrons. The maximum atomic E-state index is 10.9. The number of nitrogens with one attached hydrogen (secondary N) is 1. The van der Waals surface area contributed by atoms with Gasteiger partial charge in [0.05, 0.1) is 0 Å². The van der Waals surface area contributed by atoms with Crippen molar-refractivity contribution < 1.29 is 9.59 Å². The number of Topliss-reactive ketones (excluding diaryl/α,β-unsaturated/α-hetero) is 1. The molecule has 1 rings (SSSR count). The highest BCUT2D eigenvalue weighted by Gasteiger charge is 2.19. The summed E-state index contributed by atoms with van der Waals surface area (Å²) in [4.78, 5) is 21.2. The molecule has 1 aliphatic rings. The lowest BCUT2D eigenvalue weighted by Gasteiger charge is -2.20. The van der Waals surface area contributed by atoms with Gasteiger partial charge in [0.2, 0.25) is 5.78 Å². The normalized spacial score (nSPS) is 23.5. The Morgan fingerprint density at radius 3 is 2.75 bits per heavy atom. The lowest BCUT2D eigenvalue weighted by Crippen LogP contribution is -2.34. The van der Waals surface area contributed by atoms with E-state index in [9.17, 15) is 9.59 Å². The van der Waals surface area contributed by atoms with E-state index in [1.807, 2.05) is 0 Å². The molecule has 1 amide bonds. The molecule has 1 atom stereocenters. The fourth-order valence-electron chi connectivity index (χ4n) is 1.32. The second-order valence-corrected chi connectivity index (χ2v) is 3.00. The van der Waals surface area contributed by atoms with Crippen molar-refractivity contribution in [2.75, 3.05) is 13.1 Å². The zero-order valence-electron chi connectivity index (χ0n) is 6.88. The van der Waals surface area contributed by atoms with Crippen LogP contribution in [0.5, 0.6) is 0 Å². The first kappa shape index (κ1) is 9.19. The summed E-state index contributed by atoms with van der Waals surface area (Å²) in [5.74, 6) is -1.25. The third kappa shape index (κ3) is 2.62. The van der Waals surface area contributed by atoms with Gasteiger partial charge in [-0.05, 0) is 31.8 Å². The fraction of sp³-hybridized carbons (Fsp3) is 0.625. The Hall–Kier alpha value is -0.900. The molecule has 12 heavy (non-hydrogen) atoms. The third-order valence-electron chi connectivity index (χ3n) is 1.96. The van der Waals surface area contributed by atoms with E-state index in [1.165, 1.54) is 6.42 Å². The summed E-state index contributed by atoms with van der Waals surface area (Å²) in [6.45, 7) is 1.77. The number of carbonyl (C=O) groups excluding carboxylic acids is 2. The first-order valence-corrected chi connectivity index (χ1v) is 4.09. The standard InChI is InChI=1S/C8H13N2O2/c9-8(12)7(11)4-6-2-1-3-10-5-6/h4,6,10H,1-3,5H2,(H2,9,12). The number of hydrogen-bond acceptors (Lipinski definition) is 3. The monoisotopic (exact) mass is 169 g/mol. The van der Waals surface area contributed by atoms with E-state index < -0.39 is 11.7 Å². The molecule has 1 unspecified atom stereocenters. The first-order chi connectivity index (χ1) is 5.70. The van der Waals surface area contributed by atoms with Crippen molar-refractivity contribution in [2.24, 2.45) is 11.7 Å². The summed E-state index contributed by atoms with van der Waals surface area (Å²) in [6.07, 6.45) is 3.44. The average Bonchev–Trinajstić information content (AvgIpc) is 2.06. The molecule has 0 aliphatic carbocycles. The highest BCUT2D eigenvalue weighted by atomic mass is 16.2. The van der Waals surface area contributed by atoms with Crippen molar-refractivity contribution in [3.63, 3.8) is 0 Å². The van der Waals surface area contributed by atoms with Gasteiger partial charge in [0.15, 0.2) is 0 Å². The van der Waals surface area contributed by atoms with Crippen LogP contribution in [0.15, 0.2) is 0 Å². The maximum Gasteiger partial charge on any atom is 0.285 e. The van der Waals surface area contributed by atoms with Crippen LogP contribution < -0.4 is 11.1 Å². The highest BCUT2D eigenvalue weighted by molar-refractivity contribution is 6.39. The molecule has 0 spiro atoms. The van der Waals surface area contributed by atoms with Crippen LogP contribution in [-0.4, -0.2) is 24.8 Å². The van der Waals surface area contributed by atoms with Crippen LogP contribution in [0.1, 0.15) is 12.8 Å². The highest BCUT2D eigenvalue weighted by Crippen LogP contribution is 2.12. The van der Waals surface area contributed by atoms with Crippen molar-refractivity contribution in [1.82, 2.24) is 5.32 Å². The Morgan fingerprint density at radius 2 is 2.25 bits per heavy atom. The summed E-state index contributed by atoms with van der Waals surface area (Å²) in [7, 11) is 0. The topological polar surface area (TPSA) is 72.2 Å². The molecule has 67 valence electrons. The molecule has 0 bridgehead atoms. The second kappa shape index (κ2) is 4.21. The Labute approximate surface area is 71.5 Å². The van der Waals surface area contributed by atoms with Gasteiger partial charge >= 0.3 is 0 Å². The molecule has 0 aromatic rings. The molecule has 0 aromatic carbocycles. The third-order valence-corrected chi connectivity index (χ3v) is 1.96. The van der Waals surface area contributed by atoms with Crippen LogP contribution >= 0.6 is 0 Å². The van der Waals surface area contributed by atoms with Crippen LogP contribution in [0.3, 0.4) is 0 Å². The number of nitrogens with two attached hydrogens (primary N) is 1. The van der Waals surface area contributed by atoms with Crippen LogP contribution in [-0.2, 0) is 9.59 Å². The zero-order chi connectivity index (χ0) is 8.97. The van der Waals surface area contributed by atoms with Gasteiger partial charge in [-0.1, -0.05) is 0 Å². The molecular formula is C8H13N2O2. The van der Waals surface area contributed by atoms with E-state index in [0.717, 1.165) is 25.9 Å².